The Hall–Kier alpha value is -2.97. The highest BCUT2D eigenvalue weighted by atomic mass is 32.2. The first-order valence-corrected chi connectivity index (χ1v) is 9.78. The van der Waals surface area contributed by atoms with E-state index in [1.165, 1.54) is 12.1 Å². The molecule has 7 nitrogen and oxygen atoms in total. The minimum absolute atomic E-state index is 0.0239. The molecule has 8 heteroatoms. The fourth-order valence-electron chi connectivity index (χ4n) is 2.90. The first-order chi connectivity index (χ1) is 12.8. The average molecular weight is 386 g/mol. The summed E-state index contributed by atoms with van der Waals surface area (Å²) in [4.78, 5) is 11.6. The molecule has 140 valence electrons. The number of rotatable bonds is 6. The van der Waals surface area contributed by atoms with Gasteiger partial charge >= 0.3 is 5.97 Å². The molecule has 0 saturated carbocycles. The maximum atomic E-state index is 11.7. The number of nitrogens with zero attached hydrogens (tertiary/aromatic N) is 1. The molecule has 0 radical (unpaired) electrons. The highest BCUT2D eigenvalue weighted by Crippen LogP contribution is 2.39. The van der Waals surface area contributed by atoms with Crippen molar-refractivity contribution in [3.63, 3.8) is 0 Å². The zero-order chi connectivity index (χ0) is 19.6. The Labute approximate surface area is 156 Å². The number of primary sulfonamides is 1. The summed E-state index contributed by atoms with van der Waals surface area (Å²) in [6.07, 6.45) is 0.353. The molecule has 0 spiro atoms. The molecule has 0 amide bonds. The third-order valence-corrected chi connectivity index (χ3v) is 5.19. The largest absolute Gasteiger partial charge is 0.481 e. The summed E-state index contributed by atoms with van der Waals surface area (Å²) in [6.45, 7) is 1.77. The number of aliphatic carboxylic acids is 1. The summed E-state index contributed by atoms with van der Waals surface area (Å²) < 4.78 is 28.4. The van der Waals surface area contributed by atoms with Crippen LogP contribution in [0.5, 0.6) is 0 Å². The molecule has 1 aromatic heterocycles. The number of hydrogen-bond donors (Lipinski definition) is 2. The Bertz CT molecular complexity index is 1060. The van der Waals surface area contributed by atoms with Crippen LogP contribution in [0.4, 0.5) is 0 Å². The minimum atomic E-state index is -3.81. The highest BCUT2D eigenvalue weighted by Gasteiger charge is 2.29. The number of benzene rings is 2. The summed E-state index contributed by atoms with van der Waals surface area (Å²) >= 11 is 0. The molecule has 0 saturated heterocycles. The van der Waals surface area contributed by atoms with Gasteiger partial charge in [-0.25, -0.2) is 13.6 Å². The van der Waals surface area contributed by atoms with Crippen molar-refractivity contribution >= 4 is 16.0 Å². The molecule has 0 aliphatic carbocycles. The lowest BCUT2D eigenvalue weighted by Gasteiger charge is -2.10. The third kappa shape index (κ3) is 3.76. The van der Waals surface area contributed by atoms with Gasteiger partial charge in [0.2, 0.25) is 10.0 Å². The molecule has 0 aliphatic rings. The van der Waals surface area contributed by atoms with Crippen LogP contribution in [0.15, 0.2) is 64.0 Å². The van der Waals surface area contributed by atoms with Gasteiger partial charge in [-0.2, -0.15) is 0 Å². The van der Waals surface area contributed by atoms with Crippen LogP contribution in [-0.4, -0.2) is 24.7 Å². The van der Waals surface area contributed by atoms with Gasteiger partial charge in [0.1, 0.15) is 11.6 Å². The van der Waals surface area contributed by atoms with Gasteiger partial charge in [-0.1, -0.05) is 42.4 Å². The average Bonchev–Trinajstić information content (AvgIpc) is 3.07. The summed E-state index contributed by atoms with van der Waals surface area (Å²) in [5.74, 6) is -1.43. The molecule has 0 aliphatic heterocycles. The van der Waals surface area contributed by atoms with Crippen LogP contribution in [0.1, 0.15) is 25.0 Å². The van der Waals surface area contributed by atoms with Crippen LogP contribution in [-0.2, 0) is 14.8 Å². The van der Waals surface area contributed by atoms with Crippen molar-refractivity contribution in [3.8, 4) is 22.5 Å². The molecular weight excluding hydrogens is 368 g/mol. The zero-order valence-corrected chi connectivity index (χ0v) is 15.3. The molecule has 2 aromatic carbocycles. The van der Waals surface area contributed by atoms with Crippen molar-refractivity contribution in [1.82, 2.24) is 5.16 Å². The molecule has 0 bridgehead atoms. The number of hydrogen-bond acceptors (Lipinski definition) is 5. The summed E-state index contributed by atoms with van der Waals surface area (Å²) in [5, 5.41) is 18.7. The first-order valence-electron chi connectivity index (χ1n) is 8.24. The van der Waals surface area contributed by atoms with Crippen molar-refractivity contribution in [3.05, 3.63) is 60.3 Å². The van der Waals surface area contributed by atoms with Crippen molar-refractivity contribution in [1.29, 1.82) is 0 Å². The fourth-order valence-corrected chi connectivity index (χ4v) is 3.42. The number of carboxylic acid groups (broad SMARTS) is 1. The van der Waals surface area contributed by atoms with Crippen molar-refractivity contribution < 1.29 is 22.8 Å². The van der Waals surface area contributed by atoms with E-state index < -0.39 is 21.9 Å². The van der Waals surface area contributed by atoms with E-state index in [0.29, 0.717) is 29.0 Å². The molecular formula is C19H18N2O5S. The maximum Gasteiger partial charge on any atom is 0.312 e. The predicted octanol–water partition coefficient (Wildman–Crippen LogP) is 3.23. The van der Waals surface area contributed by atoms with E-state index in [1.807, 2.05) is 30.3 Å². The number of carboxylic acids is 1. The van der Waals surface area contributed by atoms with Gasteiger partial charge in [0, 0.05) is 5.56 Å². The van der Waals surface area contributed by atoms with E-state index in [9.17, 15) is 18.3 Å². The second kappa shape index (κ2) is 7.34. The molecule has 1 atom stereocenters. The lowest BCUT2D eigenvalue weighted by Crippen LogP contribution is -2.12. The van der Waals surface area contributed by atoms with E-state index in [1.54, 1.807) is 19.1 Å². The Morgan fingerprint density at radius 3 is 2.26 bits per heavy atom. The number of aromatic nitrogens is 1. The predicted molar refractivity (Wildman–Crippen MR) is 99.4 cm³/mol. The molecule has 27 heavy (non-hydrogen) atoms. The van der Waals surface area contributed by atoms with Gasteiger partial charge in [0.15, 0.2) is 5.76 Å². The second-order valence-electron chi connectivity index (χ2n) is 6.01. The lowest BCUT2D eigenvalue weighted by atomic mass is 9.92. The van der Waals surface area contributed by atoms with Crippen molar-refractivity contribution in [2.75, 3.05) is 0 Å². The van der Waals surface area contributed by atoms with Crippen LogP contribution >= 0.6 is 0 Å². The van der Waals surface area contributed by atoms with Crippen LogP contribution in [0.2, 0.25) is 0 Å². The van der Waals surface area contributed by atoms with Gasteiger partial charge in [0.25, 0.3) is 0 Å². The van der Waals surface area contributed by atoms with Crippen LogP contribution < -0.4 is 5.14 Å². The molecule has 1 heterocycles. The van der Waals surface area contributed by atoms with E-state index in [4.69, 9.17) is 9.66 Å². The van der Waals surface area contributed by atoms with Crippen LogP contribution in [0, 0.1) is 0 Å². The van der Waals surface area contributed by atoms with E-state index in [2.05, 4.69) is 5.16 Å². The minimum Gasteiger partial charge on any atom is -0.481 e. The van der Waals surface area contributed by atoms with E-state index in [-0.39, 0.29) is 4.90 Å². The second-order valence-corrected chi connectivity index (χ2v) is 7.57. The smallest absolute Gasteiger partial charge is 0.312 e. The van der Waals surface area contributed by atoms with Gasteiger partial charge in [-0.05, 0) is 36.2 Å². The van der Waals surface area contributed by atoms with Gasteiger partial charge in [-0.15, -0.1) is 0 Å². The Morgan fingerprint density at radius 1 is 1.11 bits per heavy atom. The lowest BCUT2D eigenvalue weighted by molar-refractivity contribution is -0.139. The molecule has 3 N–H and O–H groups in total. The maximum absolute atomic E-state index is 11.7. The number of sulfonamides is 1. The molecule has 3 aromatic rings. The normalized spacial score (nSPS) is 12.7. The molecule has 3 rings (SSSR count). The van der Waals surface area contributed by atoms with Gasteiger partial charge < -0.3 is 9.63 Å². The summed E-state index contributed by atoms with van der Waals surface area (Å²) in [7, 11) is -3.81. The Kier molecular flexibility index (Phi) is 5.11. The molecule has 0 fully saturated rings. The van der Waals surface area contributed by atoms with E-state index in [0.717, 1.165) is 5.56 Å². The molecule has 1 unspecified atom stereocenters. The quantitative estimate of drug-likeness (QED) is 0.670. The summed E-state index contributed by atoms with van der Waals surface area (Å²) in [5.41, 5.74) is 2.24. The van der Waals surface area contributed by atoms with Crippen molar-refractivity contribution in [2.24, 2.45) is 5.14 Å². The van der Waals surface area contributed by atoms with Crippen LogP contribution in [0.3, 0.4) is 0 Å². The van der Waals surface area contributed by atoms with Crippen LogP contribution in [0.25, 0.3) is 22.5 Å². The topological polar surface area (TPSA) is 123 Å². The Balaban J connectivity index is 2.19. The summed E-state index contributed by atoms with van der Waals surface area (Å²) in [6, 6.07) is 15.1. The highest BCUT2D eigenvalue weighted by molar-refractivity contribution is 7.89. The number of carbonyl (C=O) groups is 1. The van der Waals surface area contributed by atoms with Gasteiger partial charge in [0.05, 0.1) is 10.5 Å². The number of nitrogens with two attached hydrogens (primary N) is 1. The van der Waals surface area contributed by atoms with E-state index >= 15 is 0 Å². The first kappa shape index (κ1) is 18.8. The Morgan fingerprint density at radius 2 is 1.74 bits per heavy atom. The zero-order valence-electron chi connectivity index (χ0n) is 14.5. The van der Waals surface area contributed by atoms with Crippen molar-refractivity contribution in [2.45, 2.75) is 24.2 Å². The third-order valence-electron chi connectivity index (χ3n) is 4.26. The van der Waals surface area contributed by atoms with Gasteiger partial charge in [-0.3, -0.25) is 4.79 Å². The fraction of sp³-hybridized carbons (Fsp3) is 0.158. The standard InChI is InChI=1S/C19H18N2O5S/c1-2-15(19(22)23)17-16(12-6-4-3-5-7-12)18(26-21-17)13-8-10-14(11-9-13)27(20,24)25/h3-11,15H,2H2,1H3,(H,22,23)(H2,20,24,25). The monoisotopic (exact) mass is 386 g/mol. The SMILES string of the molecule is CCC(C(=O)O)c1noc(-c2ccc(S(N)(=O)=O)cc2)c1-c1ccccc1.